The third-order valence-corrected chi connectivity index (χ3v) is 12.3. The van der Waals surface area contributed by atoms with Crippen molar-refractivity contribution >= 4 is 17.9 Å². The molecule has 0 saturated carbocycles. The minimum atomic E-state index is -0.766. The average molecular weight is 861 g/mol. The normalized spacial score (nSPS) is 12.0. The first-order chi connectivity index (χ1) is 30.0. The second-order valence-corrected chi connectivity index (χ2v) is 18.5. The molecule has 0 aromatic carbocycles. The zero-order chi connectivity index (χ0) is 44.4. The first-order valence-corrected chi connectivity index (χ1v) is 27.2. The van der Waals surface area contributed by atoms with E-state index in [2.05, 4.69) is 32.9 Å². The monoisotopic (exact) mass is 861 g/mol. The second-order valence-electron chi connectivity index (χ2n) is 18.5. The molecule has 6 nitrogen and oxygen atoms in total. The number of rotatable bonds is 50. The molecule has 0 aliphatic carbocycles. The molecule has 360 valence electrons. The molecule has 61 heavy (non-hydrogen) atoms. The van der Waals surface area contributed by atoms with Gasteiger partial charge in [0.25, 0.3) is 0 Å². The van der Waals surface area contributed by atoms with Gasteiger partial charge in [-0.15, -0.1) is 0 Å². The SMILES string of the molecule is CCC/C=C\CCCCCCCC(=O)OCC(COC(=O)CCCCCCCCCCCCCCCCCCCCCCC)OC(=O)CCCCCCCCCCCCCC. The van der Waals surface area contributed by atoms with Crippen molar-refractivity contribution < 1.29 is 28.6 Å². The van der Waals surface area contributed by atoms with Crippen molar-refractivity contribution in [3.05, 3.63) is 12.2 Å². The molecule has 0 heterocycles. The molecule has 0 aliphatic heterocycles. The van der Waals surface area contributed by atoms with E-state index in [1.807, 2.05) is 0 Å². The predicted molar refractivity (Wildman–Crippen MR) is 261 cm³/mol. The second kappa shape index (κ2) is 50.8. The third kappa shape index (κ3) is 49.0. The van der Waals surface area contributed by atoms with Crippen LogP contribution in [-0.2, 0) is 28.6 Å². The van der Waals surface area contributed by atoms with Gasteiger partial charge in [-0.1, -0.05) is 258 Å². The van der Waals surface area contributed by atoms with Gasteiger partial charge < -0.3 is 14.2 Å². The highest BCUT2D eigenvalue weighted by atomic mass is 16.6. The number of hydrogen-bond donors (Lipinski definition) is 0. The Morgan fingerprint density at radius 2 is 0.574 bits per heavy atom. The van der Waals surface area contributed by atoms with Crippen LogP contribution in [0.4, 0.5) is 0 Å². The van der Waals surface area contributed by atoms with E-state index in [1.54, 1.807) is 0 Å². The Bertz CT molecular complexity index is 947. The molecule has 0 radical (unpaired) electrons. The first kappa shape index (κ1) is 59.1. The van der Waals surface area contributed by atoms with E-state index >= 15 is 0 Å². The summed E-state index contributed by atoms with van der Waals surface area (Å²) in [6, 6.07) is 0. The zero-order valence-corrected chi connectivity index (χ0v) is 41.2. The van der Waals surface area contributed by atoms with Crippen LogP contribution in [0.5, 0.6) is 0 Å². The summed E-state index contributed by atoms with van der Waals surface area (Å²) in [5.74, 6) is -0.861. The largest absolute Gasteiger partial charge is 0.462 e. The third-order valence-electron chi connectivity index (χ3n) is 12.3. The van der Waals surface area contributed by atoms with Crippen molar-refractivity contribution in [3.63, 3.8) is 0 Å². The van der Waals surface area contributed by atoms with Gasteiger partial charge in [0.2, 0.25) is 0 Å². The van der Waals surface area contributed by atoms with Crippen LogP contribution in [0.25, 0.3) is 0 Å². The molecule has 0 N–H and O–H groups in total. The fourth-order valence-corrected chi connectivity index (χ4v) is 8.15. The number of esters is 3. The summed E-state index contributed by atoms with van der Waals surface area (Å²) in [4.78, 5) is 37.9. The topological polar surface area (TPSA) is 78.9 Å². The molecule has 0 aliphatic rings. The molecule has 6 heteroatoms. The van der Waals surface area contributed by atoms with E-state index in [-0.39, 0.29) is 31.1 Å². The van der Waals surface area contributed by atoms with Gasteiger partial charge in [-0.25, -0.2) is 0 Å². The lowest BCUT2D eigenvalue weighted by atomic mass is 10.0. The molecule has 0 aromatic rings. The maximum absolute atomic E-state index is 12.8. The molecule has 0 spiro atoms. The number of hydrogen-bond acceptors (Lipinski definition) is 6. The van der Waals surface area contributed by atoms with E-state index in [1.165, 1.54) is 193 Å². The van der Waals surface area contributed by atoms with E-state index in [0.29, 0.717) is 19.3 Å². The number of allylic oxidation sites excluding steroid dienone is 2. The van der Waals surface area contributed by atoms with Crippen LogP contribution >= 0.6 is 0 Å². The predicted octanol–water partition coefficient (Wildman–Crippen LogP) is 17.8. The summed E-state index contributed by atoms with van der Waals surface area (Å²) in [6.07, 6.45) is 56.4. The minimum Gasteiger partial charge on any atom is -0.462 e. The van der Waals surface area contributed by atoms with Gasteiger partial charge in [0.1, 0.15) is 13.2 Å². The van der Waals surface area contributed by atoms with Crippen molar-refractivity contribution in [3.8, 4) is 0 Å². The quantitative estimate of drug-likeness (QED) is 0.0262. The summed E-state index contributed by atoms with van der Waals surface area (Å²) in [7, 11) is 0. The van der Waals surface area contributed by atoms with Crippen molar-refractivity contribution in [2.45, 2.75) is 309 Å². The Hall–Kier alpha value is -1.85. The summed E-state index contributed by atoms with van der Waals surface area (Å²) >= 11 is 0. The van der Waals surface area contributed by atoms with Crippen LogP contribution in [0.15, 0.2) is 12.2 Å². The Kier molecular flexibility index (Phi) is 49.3. The van der Waals surface area contributed by atoms with Crippen LogP contribution < -0.4 is 0 Å². The molecule has 1 atom stereocenters. The summed E-state index contributed by atoms with van der Waals surface area (Å²) < 4.78 is 16.8. The standard InChI is InChI=1S/C55H104O6/c1-4-7-10-13-16-19-22-24-25-26-27-28-29-30-31-32-34-36-39-42-45-48-54(57)60-51-52(50-59-53(56)47-44-41-38-35-21-18-15-12-9-6-3)61-55(58)49-46-43-40-37-33-23-20-17-14-11-8-5-2/h12,15,52H,4-11,13-14,16-51H2,1-3H3/b15-12-. The van der Waals surface area contributed by atoms with Crippen LogP contribution in [0, 0.1) is 0 Å². The van der Waals surface area contributed by atoms with Gasteiger partial charge >= 0.3 is 17.9 Å². The van der Waals surface area contributed by atoms with Crippen molar-refractivity contribution in [1.29, 1.82) is 0 Å². The van der Waals surface area contributed by atoms with E-state index < -0.39 is 6.10 Å². The lowest BCUT2D eigenvalue weighted by Crippen LogP contribution is -2.30. The number of carbonyl (C=O) groups excluding carboxylic acids is 3. The van der Waals surface area contributed by atoms with Crippen LogP contribution in [0.3, 0.4) is 0 Å². The van der Waals surface area contributed by atoms with Crippen molar-refractivity contribution in [2.24, 2.45) is 0 Å². The highest BCUT2D eigenvalue weighted by molar-refractivity contribution is 5.71. The van der Waals surface area contributed by atoms with E-state index in [0.717, 1.165) is 70.6 Å². The maximum atomic E-state index is 12.8. The number of unbranched alkanes of at least 4 members (excludes halogenated alkanes) is 37. The Morgan fingerprint density at radius 3 is 0.885 bits per heavy atom. The molecule has 0 bridgehead atoms. The highest BCUT2D eigenvalue weighted by Gasteiger charge is 2.19. The average Bonchev–Trinajstić information content (AvgIpc) is 3.26. The fraction of sp³-hybridized carbons (Fsp3) is 0.909. The van der Waals surface area contributed by atoms with Crippen LogP contribution in [0.2, 0.25) is 0 Å². The molecular weight excluding hydrogens is 757 g/mol. The molecule has 0 fully saturated rings. The summed E-state index contributed by atoms with van der Waals surface area (Å²) in [6.45, 7) is 6.61. The number of carbonyl (C=O) groups is 3. The van der Waals surface area contributed by atoms with Gasteiger partial charge in [0, 0.05) is 19.3 Å². The van der Waals surface area contributed by atoms with Gasteiger partial charge in [0.15, 0.2) is 6.10 Å². The fourth-order valence-electron chi connectivity index (χ4n) is 8.15. The van der Waals surface area contributed by atoms with E-state index in [4.69, 9.17) is 14.2 Å². The van der Waals surface area contributed by atoms with Crippen molar-refractivity contribution in [1.82, 2.24) is 0 Å². The molecule has 0 saturated heterocycles. The molecule has 0 amide bonds. The Morgan fingerprint density at radius 1 is 0.311 bits per heavy atom. The van der Waals surface area contributed by atoms with Gasteiger partial charge in [0.05, 0.1) is 0 Å². The minimum absolute atomic E-state index is 0.0672. The Labute approximate surface area is 380 Å². The van der Waals surface area contributed by atoms with Crippen LogP contribution in [0.1, 0.15) is 303 Å². The molecule has 0 aromatic heterocycles. The first-order valence-electron chi connectivity index (χ1n) is 27.2. The number of ether oxygens (including phenoxy) is 3. The van der Waals surface area contributed by atoms with Gasteiger partial charge in [-0.05, 0) is 38.5 Å². The zero-order valence-electron chi connectivity index (χ0n) is 41.2. The molecule has 1 unspecified atom stereocenters. The van der Waals surface area contributed by atoms with Crippen molar-refractivity contribution in [2.75, 3.05) is 13.2 Å². The lowest BCUT2D eigenvalue weighted by molar-refractivity contribution is -0.167. The highest BCUT2D eigenvalue weighted by Crippen LogP contribution is 2.17. The van der Waals surface area contributed by atoms with E-state index in [9.17, 15) is 14.4 Å². The van der Waals surface area contributed by atoms with Gasteiger partial charge in [-0.2, -0.15) is 0 Å². The van der Waals surface area contributed by atoms with Crippen LogP contribution in [-0.4, -0.2) is 37.2 Å². The summed E-state index contributed by atoms with van der Waals surface area (Å²) in [5.41, 5.74) is 0. The van der Waals surface area contributed by atoms with Gasteiger partial charge in [-0.3, -0.25) is 14.4 Å². The smallest absolute Gasteiger partial charge is 0.306 e. The Balaban J connectivity index is 4.19. The molecular formula is C55H104O6. The lowest BCUT2D eigenvalue weighted by Gasteiger charge is -2.18. The molecule has 0 rings (SSSR count). The summed E-state index contributed by atoms with van der Waals surface area (Å²) in [5, 5.41) is 0. The maximum Gasteiger partial charge on any atom is 0.306 e.